The van der Waals surface area contributed by atoms with Crippen molar-refractivity contribution in [3.05, 3.63) is 65.2 Å². The SMILES string of the molecule is CCCNC(CCc1ccccn1)c1cc(C)cc(F)c1. The van der Waals surface area contributed by atoms with E-state index in [1.165, 1.54) is 0 Å². The number of nitrogens with one attached hydrogen (secondary N) is 1. The Morgan fingerprint density at radius 1 is 1.24 bits per heavy atom. The third kappa shape index (κ3) is 4.94. The standard InChI is InChI=1S/C18H23FN2/c1-3-9-21-18(8-7-17-6-4-5-10-20-17)15-11-14(2)12-16(19)13-15/h4-6,10-13,18,21H,3,7-9H2,1-2H3. The maximum Gasteiger partial charge on any atom is 0.123 e. The van der Waals surface area contributed by atoms with Gasteiger partial charge in [-0.05, 0) is 68.1 Å². The Morgan fingerprint density at radius 2 is 2.10 bits per heavy atom. The maximum atomic E-state index is 13.6. The summed E-state index contributed by atoms with van der Waals surface area (Å²) >= 11 is 0. The first kappa shape index (κ1) is 15.6. The monoisotopic (exact) mass is 286 g/mol. The number of benzene rings is 1. The molecule has 1 N–H and O–H groups in total. The van der Waals surface area contributed by atoms with Gasteiger partial charge in [0.15, 0.2) is 0 Å². The first-order chi connectivity index (χ1) is 10.2. The van der Waals surface area contributed by atoms with E-state index in [1.54, 1.807) is 12.1 Å². The lowest BCUT2D eigenvalue weighted by atomic mass is 9.98. The van der Waals surface area contributed by atoms with Crippen molar-refractivity contribution in [1.29, 1.82) is 0 Å². The molecule has 112 valence electrons. The molecule has 1 heterocycles. The zero-order chi connectivity index (χ0) is 15.1. The highest BCUT2D eigenvalue weighted by Gasteiger charge is 2.12. The van der Waals surface area contributed by atoms with Crippen molar-refractivity contribution < 1.29 is 4.39 Å². The molecule has 0 aliphatic carbocycles. The average molecular weight is 286 g/mol. The van der Waals surface area contributed by atoms with Crippen LogP contribution in [0.3, 0.4) is 0 Å². The lowest BCUT2D eigenvalue weighted by Gasteiger charge is -2.19. The highest BCUT2D eigenvalue weighted by atomic mass is 19.1. The second-order valence-corrected chi connectivity index (χ2v) is 5.43. The molecule has 0 spiro atoms. The van der Waals surface area contributed by atoms with Crippen LogP contribution in [0.1, 0.15) is 42.6 Å². The van der Waals surface area contributed by atoms with E-state index < -0.39 is 0 Å². The predicted octanol–water partition coefficient (Wildman–Crippen LogP) is 4.20. The molecule has 2 aromatic rings. The Bertz CT molecular complexity index is 534. The second-order valence-electron chi connectivity index (χ2n) is 5.43. The van der Waals surface area contributed by atoms with Gasteiger partial charge in [-0.15, -0.1) is 0 Å². The van der Waals surface area contributed by atoms with Crippen molar-refractivity contribution in [2.24, 2.45) is 0 Å². The number of pyridine rings is 1. The van der Waals surface area contributed by atoms with Gasteiger partial charge in [-0.2, -0.15) is 0 Å². The highest BCUT2D eigenvalue weighted by molar-refractivity contribution is 5.26. The summed E-state index contributed by atoms with van der Waals surface area (Å²) in [4.78, 5) is 4.36. The van der Waals surface area contributed by atoms with Crippen molar-refractivity contribution in [3.63, 3.8) is 0 Å². The molecule has 0 aliphatic heterocycles. The minimum absolute atomic E-state index is 0.161. The van der Waals surface area contributed by atoms with Crippen LogP contribution in [0.25, 0.3) is 0 Å². The van der Waals surface area contributed by atoms with Crippen LogP contribution >= 0.6 is 0 Å². The molecule has 0 fully saturated rings. The van der Waals surface area contributed by atoms with Crippen molar-refractivity contribution in [3.8, 4) is 0 Å². The molecule has 1 aromatic carbocycles. The van der Waals surface area contributed by atoms with Gasteiger partial charge in [-0.25, -0.2) is 4.39 Å². The minimum Gasteiger partial charge on any atom is -0.310 e. The molecule has 21 heavy (non-hydrogen) atoms. The fraction of sp³-hybridized carbons (Fsp3) is 0.389. The van der Waals surface area contributed by atoms with Crippen LogP contribution in [0.4, 0.5) is 4.39 Å². The van der Waals surface area contributed by atoms with Crippen LogP contribution in [0, 0.1) is 12.7 Å². The van der Waals surface area contributed by atoms with Crippen molar-refractivity contribution >= 4 is 0 Å². The molecule has 1 unspecified atom stereocenters. The molecule has 0 radical (unpaired) electrons. The lowest BCUT2D eigenvalue weighted by molar-refractivity contribution is 0.493. The van der Waals surface area contributed by atoms with Crippen LogP contribution in [-0.2, 0) is 6.42 Å². The van der Waals surface area contributed by atoms with Crippen LogP contribution < -0.4 is 5.32 Å². The zero-order valence-corrected chi connectivity index (χ0v) is 12.8. The molecule has 0 bridgehead atoms. The summed E-state index contributed by atoms with van der Waals surface area (Å²) in [6.07, 6.45) is 4.68. The summed E-state index contributed by atoms with van der Waals surface area (Å²) in [5, 5.41) is 3.52. The first-order valence-electron chi connectivity index (χ1n) is 7.59. The second kappa shape index (κ2) is 7.89. The fourth-order valence-corrected chi connectivity index (χ4v) is 2.51. The number of halogens is 1. The molecular weight excluding hydrogens is 263 g/mol. The van der Waals surface area contributed by atoms with Gasteiger partial charge in [-0.1, -0.05) is 19.1 Å². The van der Waals surface area contributed by atoms with E-state index in [0.29, 0.717) is 0 Å². The normalized spacial score (nSPS) is 12.3. The van der Waals surface area contributed by atoms with E-state index in [4.69, 9.17) is 0 Å². The third-order valence-corrected chi connectivity index (χ3v) is 3.52. The summed E-state index contributed by atoms with van der Waals surface area (Å²) in [7, 11) is 0. The Balaban J connectivity index is 2.10. The summed E-state index contributed by atoms with van der Waals surface area (Å²) in [6, 6.07) is 11.4. The Labute approximate surface area is 126 Å². The van der Waals surface area contributed by atoms with Gasteiger partial charge >= 0.3 is 0 Å². The summed E-state index contributed by atoms with van der Waals surface area (Å²) < 4.78 is 13.6. The summed E-state index contributed by atoms with van der Waals surface area (Å²) in [5.41, 5.74) is 3.07. The molecular formula is C18H23FN2. The van der Waals surface area contributed by atoms with Crippen molar-refractivity contribution in [2.45, 2.75) is 39.2 Å². The zero-order valence-electron chi connectivity index (χ0n) is 12.8. The van der Waals surface area contributed by atoms with E-state index in [9.17, 15) is 4.39 Å². The molecule has 0 saturated heterocycles. The third-order valence-electron chi connectivity index (χ3n) is 3.52. The Morgan fingerprint density at radius 3 is 2.76 bits per heavy atom. The van der Waals surface area contributed by atoms with Gasteiger partial charge in [-0.3, -0.25) is 4.98 Å². The topological polar surface area (TPSA) is 24.9 Å². The van der Waals surface area contributed by atoms with Gasteiger partial charge in [0.25, 0.3) is 0 Å². The maximum absolute atomic E-state index is 13.6. The lowest BCUT2D eigenvalue weighted by Crippen LogP contribution is -2.23. The van der Waals surface area contributed by atoms with Gasteiger partial charge in [0.05, 0.1) is 0 Å². The Kier molecular flexibility index (Phi) is 5.88. The number of hydrogen-bond acceptors (Lipinski definition) is 2. The number of nitrogens with zero attached hydrogens (tertiary/aromatic N) is 1. The van der Waals surface area contributed by atoms with E-state index in [1.807, 2.05) is 31.3 Å². The number of rotatable bonds is 7. The molecule has 1 aromatic heterocycles. The van der Waals surface area contributed by atoms with E-state index in [0.717, 1.165) is 42.6 Å². The van der Waals surface area contributed by atoms with Crippen LogP contribution in [0.5, 0.6) is 0 Å². The fourth-order valence-electron chi connectivity index (χ4n) is 2.51. The van der Waals surface area contributed by atoms with Gasteiger partial charge in [0, 0.05) is 17.9 Å². The van der Waals surface area contributed by atoms with Gasteiger partial charge in [0.2, 0.25) is 0 Å². The molecule has 2 nitrogen and oxygen atoms in total. The quantitative estimate of drug-likeness (QED) is 0.825. The largest absolute Gasteiger partial charge is 0.310 e. The number of hydrogen-bond donors (Lipinski definition) is 1. The number of aromatic nitrogens is 1. The van der Waals surface area contributed by atoms with Crippen molar-refractivity contribution in [1.82, 2.24) is 10.3 Å². The van der Waals surface area contributed by atoms with E-state index in [2.05, 4.69) is 23.3 Å². The highest BCUT2D eigenvalue weighted by Crippen LogP contribution is 2.21. The van der Waals surface area contributed by atoms with E-state index >= 15 is 0 Å². The van der Waals surface area contributed by atoms with Crippen LogP contribution in [0.2, 0.25) is 0 Å². The molecule has 0 aliphatic rings. The molecule has 0 saturated carbocycles. The van der Waals surface area contributed by atoms with E-state index in [-0.39, 0.29) is 11.9 Å². The molecule has 3 heteroatoms. The smallest absolute Gasteiger partial charge is 0.123 e. The van der Waals surface area contributed by atoms with Crippen LogP contribution in [0.15, 0.2) is 42.6 Å². The first-order valence-corrected chi connectivity index (χ1v) is 7.59. The van der Waals surface area contributed by atoms with Crippen molar-refractivity contribution in [2.75, 3.05) is 6.54 Å². The van der Waals surface area contributed by atoms with Gasteiger partial charge < -0.3 is 5.32 Å². The van der Waals surface area contributed by atoms with Crippen LogP contribution in [-0.4, -0.2) is 11.5 Å². The average Bonchev–Trinajstić information content (AvgIpc) is 2.47. The number of aryl methyl sites for hydroxylation is 2. The molecule has 1 atom stereocenters. The predicted molar refractivity (Wildman–Crippen MR) is 84.7 cm³/mol. The minimum atomic E-state index is -0.161. The molecule has 0 amide bonds. The summed E-state index contributed by atoms with van der Waals surface area (Å²) in [5.74, 6) is -0.161. The van der Waals surface area contributed by atoms with Gasteiger partial charge in [0.1, 0.15) is 5.82 Å². The molecule has 2 rings (SSSR count). The Hall–Kier alpha value is -1.74. The summed E-state index contributed by atoms with van der Waals surface area (Å²) in [6.45, 7) is 5.00.